The van der Waals surface area contributed by atoms with Crippen LogP contribution in [0.15, 0.2) is 40.4 Å². The smallest absolute Gasteiger partial charge is 0.0874 e. The molecule has 3 rings (SSSR count). The minimum atomic E-state index is 0.668. The summed E-state index contributed by atoms with van der Waals surface area (Å²) in [7, 11) is 0. The zero-order valence-corrected chi connectivity index (χ0v) is 12.9. The van der Waals surface area contributed by atoms with Crippen molar-refractivity contribution in [3.8, 4) is 0 Å². The van der Waals surface area contributed by atoms with Crippen molar-refractivity contribution < 1.29 is 5.21 Å². The minimum absolute atomic E-state index is 0.668. The van der Waals surface area contributed by atoms with Crippen LogP contribution in [0.3, 0.4) is 0 Å². The summed E-state index contributed by atoms with van der Waals surface area (Å²) in [6.07, 6.45) is 3.38. The van der Waals surface area contributed by atoms with E-state index in [1.807, 2.05) is 25.1 Å². The molecule has 2 aromatic rings. The fourth-order valence-electron chi connectivity index (χ4n) is 2.78. The fraction of sp³-hybridized carbons (Fsp3) is 0.375. The predicted octanol–water partition coefficient (Wildman–Crippen LogP) is 3.71. The van der Waals surface area contributed by atoms with E-state index >= 15 is 0 Å². The molecule has 1 aromatic heterocycles. The summed E-state index contributed by atoms with van der Waals surface area (Å²) in [5.41, 5.74) is 3.96. The molecule has 1 aromatic carbocycles. The Kier molecular flexibility index (Phi) is 4.29. The third-order valence-electron chi connectivity index (χ3n) is 3.79. The summed E-state index contributed by atoms with van der Waals surface area (Å²) in [6.45, 7) is 2.82. The molecule has 4 nitrogen and oxygen atoms in total. The van der Waals surface area contributed by atoms with E-state index in [1.165, 1.54) is 23.4 Å². The van der Waals surface area contributed by atoms with Crippen LogP contribution in [0, 0.1) is 0 Å². The average molecular weight is 301 g/mol. The van der Waals surface area contributed by atoms with Crippen molar-refractivity contribution in [2.24, 2.45) is 5.16 Å². The van der Waals surface area contributed by atoms with Gasteiger partial charge in [-0.15, -0.1) is 11.8 Å². The molecular formula is C16H19N3OS. The summed E-state index contributed by atoms with van der Waals surface area (Å²) in [4.78, 5) is 1.23. The number of fused-ring (bicyclic) bond motifs is 1. The maximum atomic E-state index is 9.16. The number of aromatic nitrogens is 2. The molecule has 5 heteroatoms. The fourth-order valence-corrected chi connectivity index (χ4v) is 3.64. The van der Waals surface area contributed by atoms with Gasteiger partial charge in [0, 0.05) is 28.5 Å². The zero-order valence-electron chi connectivity index (χ0n) is 12.1. The lowest BCUT2D eigenvalue weighted by atomic mass is 10.0. The van der Waals surface area contributed by atoms with Crippen LogP contribution in [0.4, 0.5) is 0 Å². The van der Waals surface area contributed by atoms with Crippen LogP contribution in [0.5, 0.6) is 0 Å². The van der Waals surface area contributed by atoms with Crippen LogP contribution in [-0.2, 0) is 18.7 Å². The quantitative estimate of drug-likeness (QED) is 0.405. The molecule has 0 saturated heterocycles. The van der Waals surface area contributed by atoms with Crippen LogP contribution in [0.25, 0.3) is 0 Å². The van der Waals surface area contributed by atoms with Gasteiger partial charge in [0.2, 0.25) is 0 Å². The van der Waals surface area contributed by atoms with E-state index in [2.05, 4.69) is 22.0 Å². The van der Waals surface area contributed by atoms with Gasteiger partial charge in [0.1, 0.15) is 0 Å². The van der Waals surface area contributed by atoms with E-state index < -0.39 is 0 Å². The first-order valence-electron chi connectivity index (χ1n) is 7.25. The van der Waals surface area contributed by atoms with Crippen LogP contribution in [0.2, 0.25) is 0 Å². The molecule has 21 heavy (non-hydrogen) atoms. The molecular weight excluding hydrogens is 282 g/mol. The molecule has 0 saturated carbocycles. The van der Waals surface area contributed by atoms with E-state index in [4.69, 9.17) is 10.3 Å². The van der Waals surface area contributed by atoms with Crippen LogP contribution in [-0.4, -0.2) is 20.7 Å². The molecule has 2 heterocycles. The summed E-state index contributed by atoms with van der Waals surface area (Å²) in [5.74, 6) is 0.798. The zero-order chi connectivity index (χ0) is 14.7. The van der Waals surface area contributed by atoms with Crippen molar-refractivity contribution in [3.63, 3.8) is 0 Å². The minimum Gasteiger partial charge on any atom is -0.411 e. The number of thioether (sulfide) groups is 1. The predicted molar refractivity (Wildman–Crippen MR) is 85.2 cm³/mol. The van der Waals surface area contributed by atoms with Gasteiger partial charge in [-0.2, -0.15) is 5.10 Å². The third-order valence-corrected chi connectivity index (χ3v) is 4.82. The Bertz CT molecular complexity index is 649. The Morgan fingerprint density at radius 1 is 1.33 bits per heavy atom. The third kappa shape index (κ3) is 2.97. The van der Waals surface area contributed by atoms with E-state index in [9.17, 15) is 0 Å². The van der Waals surface area contributed by atoms with E-state index in [0.29, 0.717) is 5.71 Å². The topological polar surface area (TPSA) is 50.4 Å². The highest BCUT2D eigenvalue weighted by molar-refractivity contribution is 7.98. The van der Waals surface area contributed by atoms with Gasteiger partial charge in [-0.1, -0.05) is 23.4 Å². The number of aryl methyl sites for hydroxylation is 1. The molecule has 0 aliphatic carbocycles. The molecule has 0 spiro atoms. The second kappa shape index (κ2) is 6.35. The lowest BCUT2D eigenvalue weighted by molar-refractivity contribution is 0.319. The van der Waals surface area contributed by atoms with Crippen molar-refractivity contribution in [3.05, 3.63) is 47.3 Å². The van der Waals surface area contributed by atoms with Gasteiger partial charge in [0.05, 0.1) is 11.4 Å². The van der Waals surface area contributed by atoms with E-state index in [1.54, 1.807) is 11.8 Å². The van der Waals surface area contributed by atoms with Gasteiger partial charge in [0.25, 0.3) is 0 Å². The van der Waals surface area contributed by atoms with Crippen molar-refractivity contribution in [1.82, 2.24) is 9.78 Å². The largest absolute Gasteiger partial charge is 0.411 e. The Morgan fingerprint density at radius 2 is 2.14 bits per heavy atom. The number of hydrogen-bond acceptors (Lipinski definition) is 4. The van der Waals surface area contributed by atoms with Crippen LogP contribution in [0.1, 0.15) is 36.7 Å². The summed E-state index contributed by atoms with van der Waals surface area (Å²) in [5, 5.41) is 17.3. The molecule has 1 aliphatic heterocycles. The first-order chi connectivity index (χ1) is 10.3. The Labute approximate surface area is 128 Å². The number of oxime groups is 1. The second-order valence-corrected chi connectivity index (χ2v) is 6.28. The second-order valence-electron chi connectivity index (χ2n) is 5.24. The maximum absolute atomic E-state index is 9.16. The van der Waals surface area contributed by atoms with Crippen molar-refractivity contribution in [2.75, 3.05) is 0 Å². The number of rotatable bonds is 4. The number of benzene rings is 1. The van der Waals surface area contributed by atoms with Crippen molar-refractivity contribution >= 4 is 17.5 Å². The first kappa shape index (κ1) is 14.2. The monoisotopic (exact) mass is 301 g/mol. The standard InChI is InChI=1S/C16H19N3OS/c1-12(18-20)16-14(11-21-13-7-3-2-4-8-13)17-19-10-6-5-9-15(16)19/h2-4,7-8,20H,5-6,9-11H2,1H3/b18-12-. The molecule has 0 fully saturated rings. The summed E-state index contributed by atoms with van der Waals surface area (Å²) in [6, 6.07) is 10.3. The highest BCUT2D eigenvalue weighted by Crippen LogP contribution is 2.28. The number of nitrogens with zero attached hydrogens (tertiary/aromatic N) is 3. The van der Waals surface area contributed by atoms with Gasteiger partial charge in [-0.25, -0.2) is 0 Å². The first-order valence-corrected chi connectivity index (χ1v) is 8.23. The molecule has 0 atom stereocenters. The van der Waals surface area contributed by atoms with Gasteiger partial charge in [0.15, 0.2) is 0 Å². The molecule has 0 bridgehead atoms. The Balaban J connectivity index is 1.89. The average Bonchev–Trinajstić information content (AvgIpc) is 2.91. The Morgan fingerprint density at radius 3 is 2.90 bits per heavy atom. The lowest BCUT2D eigenvalue weighted by Crippen LogP contribution is -2.13. The van der Waals surface area contributed by atoms with Crippen LogP contribution < -0.4 is 0 Å². The van der Waals surface area contributed by atoms with Gasteiger partial charge in [-0.3, -0.25) is 4.68 Å². The molecule has 1 N–H and O–H groups in total. The molecule has 0 amide bonds. The van der Waals surface area contributed by atoms with E-state index in [-0.39, 0.29) is 0 Å². The van der Waals surface area contributed by atoms with Gasteiger partial charge in [-0.05, 0) is 38.3 Å². The van der Waals surface area contributed by atoms with Crippen LogP contribution >= 0.6 is 11.8 Å². The summed E-state index contributed by atoms with van der Waals surface area (Å²) >= 11 is 1.77. The number of hydrogen-bond donors (Lipinski definition) is 1. The van der Waals surface area contributed by atoms with Gasteiger partial charge >= 0.3 is 0 Å². The highest BCUT2D eigenvalue weighted by Gasteiger charge is 2.22. The molecule has 0 unspecified atom stereocenters. The lowest BCUT2D eigenvalue weighted by Gasteiger charge is -2.14. The van der Waals surface area contributed by atoms with E-state index in [0.717, 1.165) is 30.0 Å². The Hall–Kier alpha value is -1.75. The maximum Gasteiger partial charge on any atom is 0.0874 e. The normalized spacial score (nSPS) is 15.0. The molecule has 0 radical (unpaired) electrons. The van der Waals surface area contributed by atoms with Crippen molar-refractivity contribution in [2.45, 2.75) is 43.4 Å². The molecule has 110 valence electrons. The van der Waals surface area contributed by atoms with Gasteiger partial charge < -0.3 is 5.21 Å². The summed E-state index contributed by atoms with van der Waals surface area (Å²) < 4.78 is 2.09. The van der Waals surface area contributed by atoms with Crippen molar-refractivity contribution in [1.29, 1.82) is 0 Å². The highest BCUT2D eigenvalue weighted by atomic mass is 32.2. The SMILES string of the molecule is C/C(=N/O)c1c(CSc2ccccc2)nn2c1CCCC2. The molecule has 1 aliphatic rings.